The summed E-state index contributed by atoms with van der Waals surface area (Å²) in [4.78, 5) is 13.5. The van der Waals surface area contributed by atoms with E-state index in [2.05, 4.69) is 18.7 Å². The Labute approximate surface area is 188 Å². The van der Waals surface area contributed by atoms with Crippen molar-refractivity contribution in [1.82, 2.24) is 4.90 Å². The SMILES string of the molecule is C[C@@H](c1ccc2c(C(F)F)c(O[C@H]3CC[C@@H](C)CC3)ccc2c1)N1CCC(C(=O)O)CC1. The number of hydrogen-bond acceptors (Lipinski definition) is 3. The van der Waals surface area contributed by atoms with E-state index < -0.39 is 12.4 Å². The highest BCUT2D eigenvalue weighted by Gasteiger charge is 2.28. The zero-order chi connectivity index (χ0) is 22.8. The molecule has 1 saturated heterocycles. The molecule has 4 rings (SSSR count). The van der Waals surface area contributed by atoms with Crippen molar-refractivity contribution in [1.29, 1.82) is 0 Å². The highest BCUT2D eigenvalue weighted by Crippen LogP contribution is 2.39. The Morgan fingerprint density at radius 3 is 2.38 bits per heavy atom. The van der Waals surface area contributed by atoms with Crippen LogP contribution < -0.4 is 4.74 Å². The lowest BCUT2D eigenvalue weighted by molar-refractivity contribution is -0.143. The van der Waals surface area contributed by atoms with Gasteiger partial charge in [-0.15, -0.1) is 0 Å². The molecule has 174 valence electrons. The number of nitrogens with zero attached hydrogens (tertiary/aromatic N) is 1. The molecular weight excluding hydrogens is 412 g/mol. The summed E-state index contributed by atoms with van der Waals surface area (Å²) in [5.41, 5.74) is 1.05. The third kappa shape index (κ3) is 4.90. The number of halogens is 2. The molecule has 1 N–H and O–H groups in total. The summed E-state index contributed by atoms with van der Waals surface area (Å²) >= 11 is 0. The van der Waals surface area contributed by atoms with Gasteiger partial charge in [-0.2, -0.15) is 0 Å². The number of rotatable bonds is 6. The van der Waals surface area contributed by atoms with Gasteiger partial charge in [0.05, 0.1) is 17.6 Å². The number of carboxylic acid groups (broad SMARTS) is 1. The van der Waals surface area contributed by atoms with Crippen LogP contribution in [0, 0.1) is 11.8 Å². The van der Waals surface area contributed by atoms with Gasteiger partial charge in [-0.1, -0.05) is 25.1 Å². The first-order valence-electron chi connectivity index (χ1n) is 11.8. The lowest BCUT2D eigenvalue weighted by atomic mass is 9.89. The van der Waals surface area contributed by atoms with Gasteiger partial charge >= 0.3 is 5.97 Å². The van der Waals surface area contributed by atoms with E-state index >= 15 is 0 Å². The minimum atomic E-state index is -2.60. The lowest BCUT2D eigenvalue weighted by Gasteiger charge is -2.35. The molecule has 0 spiro atoms. The van der Waals surface area contributed by atoms with Crippen LogP contribution in [0.3, 0.4) is 0 Å². The van der Waals surface area contributed by atoms with E-state index in [4.69, 9.17) is 4.74 Å². The van der Waals surface area contributed by atoms with Crippen LogP contribution in [0.1, 0.15) is 76.0 Å². The topological polar surface area (TPSA) is 49.8 Å². The minimum absolute atomic E-state index is 0.00850. The Hall–Kier alpha value is -2.21. The van der Waals surface area contributed by atoms with E-state index in [0.717, 1.165) is 49.7 Å². The maximum Gasteiger partial charge on any atom is 0.306 e. The molecule has 4 nitrogen and oxygen atoms in total. The number of piperidine rings is 1. The molecule has 0 aromatic heterocycles. The molecule has 2 fully saturated rings. The number of carbonyl (C=O) groups is 1. The smallest absolute Gasteiger partial charge is 0.306 e. The van der Waals surface area contributed by atoms with Crippen LogP contribution in [0.2, 0.25) is 0 Å². The first-order valence-corrected chi connectivity index (χ1v) is 11.8. The van der Waals surface area contributed by atoms with Crippen LogP contribution in [0.25, 0.3) is 10.8 Å². The third-order valence-electron chi connectivity index (χ3n) is 7.43. The van der Waals surface area contributed by atoms with Gasteiger partial charge in [-0.05, 0) is 92.9 Å². The maximum absolute atomic E-state index is 14.1. The lowest BCUT2D eigenvalue weighted by Crippen LogP contribution is -2.37. The number of benzene rings is 2. The normalized spacial score (nSPS) is 24.0. The van der Waals surface area contributed by atoms with Gasteiger partial charge in [0.15, 0.2) is 0 Å². The van der Waals surface area contributed by atoms with Crippen molar-refractivity contribution < 1.29 is 23.4 Å². The van der Waals surface area contributed by atoms with E-state index in [0.29, 0.717) is 29.9 Å². The summed E-state index contributed by atoms with van der Waals surface area (Å²) < 4.78 is 34.2. The van der Waals surface area contributed by atoms with Gasteiger partial charge in [-0.25, -0.2) is 8.78 Å². The van der Waals surface area contributed by atoms with Crippen LogP contribution in [-0.4, -0.2) is 35.2 Å². The van der Waals surface area contributed by atoms with Gasteiger partial charge in [0.1, 0.15) is 5.75 Å². The molecule has 2 aromatic rings. The Bertz CT molecular complexity index is 947. The Kier molecular flexibility index (Phi) is 6.99. The molecule has 1 atom stereocenters. The molecule has 1 heterocycles. The Morgan fingerprint density at radius 1 is 1.06 bits per heavy atom. The monoisotopic (exact) mass is 445 g/mol. The van der Waals surface area contributed by atoms with Crippen LogP contribution in [-0.2, 0) is 4.79 Å². The Morgan fingerprint density at radius 2 is 1.75 bits per heavy atom. The van der Waals surface area contributed by atoms with Gasteiger partial charge < -0.3 is 9.84 Å². The van der Waals surface area contributed by atoms with Gasteiger partial charge in [0, 0.05) is 6.04 Å². The standard InChI is InChI=1S/C26H33F2NO3/c1-16-3-7-21(8-4-16)32-23-10-6-20-15-19(5-9-22(20)24(23)25(27)28)17(2)29-13-11-18(12-14-29)26(30)31/h5-6,9-10,15-18,21,25H,3-4,7-8,11-14H2,1-2H3,(H,30,31)/t16-,17-,21+/m0/s1. The zero-order valence-electron chi connectivity index (χ0n) is 18.9. The zero-order valence-corrected chi connectivity index (χ0v) is 18.9. The molecule has 1 aliphatic carbocycles. The largest absolute Gasteiger partial charge is 0.490 e. The molecule has 32 heavy (non-hydrogen) atoms. The molecule has 0 bridgehead atoms. The molecule has 0 unspecified atom stereocenters. The average Bonchev–Trinajstić information content (AvgIpc) is 2.79. The van der Waals surface area contributed by atoms with Crippen LogP contribution in [0.4, 0.5) is 8.78 Å². The highest BCUT2D eigenvalue weighted by atomic mass is 19.3. The van der Waals surface area contributed by atoms with Crippen molar-refractivity contribution in [3.05, 3.63) is 41.5 Å². The van der Waals surface area contributed by atoms with Crippen LogP contribution in [0.15, 0.2) is 30.3 Å². The highest BCUT2D eigenvalue weighted by molar-refractivity contribution is 5.88. The summed E-state index contributed by atoms with van der Waals surface area (Å²) in [5, 5.41) is 10.5. The van der Waals surface area contributed by atoms with Crippen molar-refractivity contribution in [3.8, 4) is 5.75 Å². The van der Waals surface area contributed by atoms with E-state index in [9.17, 15) is 18.7 Å². The van der Waals surface area contributed by atoms with E-state index in [1.807, 2.05) is 18.2 Å². The van der Waals surface area contributed by atoms with E-state index in [1.54, 1.807) is 12.1 Å². The van der Waals surface area contributed by atoms with Gasteiger partial charge in [0.25, 0.3) is 6.43 Å². The predicted octanol–water partition coefficient (Wildman–Crippen LogP) is 6.59. The molecular formula is C26H33F2NO3. The van der Waals surface area contributed by atoms with Gasteiger partial charge in [-0.3, -0.25) is 9.69 Å². The molecule has 2 aromatic carbocycles. The van der Waals surface area contributed by atoms with Crippen molar-refractivity contribution in [3.63, 3.8) is 0 Å². The summed E-state index contributed by atoms with van der Waals surface area (Å²) in [6.45, 7) is 5.78. The second-order valence-electron chi connectivity index (χ2n) is 9.58. The van der Waals surface area contributed by atoms with Crippen molar-refractivity contribution in [2.24, 2.45) is 11.8 Å². The molecule has 1 aliphatic heterocycles. The third-order valence-corrected chi connectivity index (χ3v) is 7.43. The molecule has 1 saturated carbocycles. The summed E-state index contributed by atoms with van der Waals surface area (Å²) in [5.74, 6) is -0.00214. The van der Waals surface area contributed by atoms with Crippen molar-refractivity contribution in [2.45, 2.75) is 70.9 Å². The average molecular weight is 446 g/mol. The quantitative estimate of drug-likeness (QED) is 0.545. The van der Waals surface area contributed by atoms with Gasteiger partial charge in [0.2, 0.25) is 0 Å². The number of alkyl halides is 2. The number of aliphatic carboxylic acids is 1. The summed E-state index contributed by atoms with van der Waals surface area (Å²) in [6, 6.07) is 9.39. The number of ether oxygens (including phenoxy) is 1. The second kappa shape index (κ2) is 9.74. The Balaban J connectivity index is 1.55. The fraction of sp³-hybridized carbons (Fsp3) is 0.577. The fourth-order valence-corrected chi connectivity index (χ4v) is 5.21. The summed E-state index contributed by atoms with van der Waals surface area (Å²) in [7, 11) is 0. The number of likely N-dealkylation sites (tertiary alicyclic amines) is 1. The van der Waals surface area contributed by atoms with Crippen molar-refractivity contribution in [2.75, 3.05) is 13.1 Å². The minimum Gasteiger partial charge on any atom is -0.490 e. The molecule has 6 heteroatoms. The van der Waals surface area contributed by atoms with Crippen LogP contribution >= 0.6 is 0 Å². The summed E-state index contributed by atoms with van der Waals surface area (Å²) in [6.07, 6.45) is 2.67. The molecule has 0 amide bonds. The van der Waals surface area contributed by atoms with E-state index in [1.165, 1.54) is 0 Å². The fourth-order valence-electron chi connectivity index (χ4n) is 5.21. The maximum atomic E-state index is 14.1. The number of carboxylic acids is 1. The van der Waals surface area contributed by atoms with E-state index in [-0.39, 0.29) is 23.6 Å². The predicted molar refractivity (Wildman–Crippen MR) is 121 cm³/mol. The number of hydrogen-bond donors (Lipinski definition) is 1. The molecule has 2 aliphatic rings. The van der Waals surface area contributed by atoms with Crippen molar-refractivity contribution >= 4 is 16.7 Å². The second-order valence-corrected chi connectivity index (χ2v) is 9.58. The molecule has 0 radical (unpaired) electrons. The first-order chi connectivity index (χ1) is 15.3. The first kappa shape index (κ1) is 23.0. The van der Waals surface area contributed by atoms with Crippen LogP contribution in [0.5, 0.6) is 5.75 Å². The number of fused-ring (bicyclic) bond motifs is 1.